The number of para-hydroxylation sites is 1. The monoisotopic (exact) mass is 476 g/mol. The third-order valence-corrected chi connectivity index (χ3v) is 5.81. The number of benzene rings is 3. The van der Waals surface area contributed by atoms with E-state index >= 15 is 0 Å². The Morgan fingerprint density at radius 3 is 2.20 bits per heavy atom. The predicted molar refractivity (Wildman–Crippen MR) is 135 cm³/mol. The number of anilines is 1. The average molecular weight is 477 g/mol. The minimum absolute atomic E-state index is 0.0491. The van der Waals surface area contributed by atoms with E-state index in [9.17, 15) is 9.59 Å². The van der Waals surface area contributed by atoms with Crippen molar-refractivity contribution < 1.29 is 28.5 Å². The van der Waals surface area contributed by atoms with Crippen molar-refractivity contribution in [2.24, 2.45) is 0 Å². The standard InChI is InChI=1S/C27H28N2O6/c1-5-29-21-9-7-6-8-19(21)20-15-18(10-11-22(20)29)28-25(30)16-35-26(31)14-17-12-23(32-2)27(34-4)24(13-17)33-3/h6-13,15H,5,14,16H2,1-4H3,(H,28,30). The summed E-state index contributed by atoms with van der Waals surface area (Å²) in [5, 5.41) is 4.99. The van der Waals surface area contributed by atoms with E-state index in [-0.39, 0.29) is 6.42 Å². The first-order valence-electron chi connectivity index (χ1n) is 11.2. The van der Waals surface area contributed by atoms with Gasteiger partial charge in [0.05, 0.1) is 27.8 Å². The van der Waals surface area contributed by atoms with Crippen LogP contribution in [0, 0.1) is 0 Å². The van der Waals surface area contributed by atoms with E-state index in [1.165, 1.54) is 21.3 Å². The zero-order chi connectivity index (χ0) is 24.9. The van der Waals surface area contributed by atoms with Gasteiger partial charge in [-0.2, -0.15) is 0 Å². The maximum Gasteiger partial charge on any atom is 0.310 e. The summed E-state index contributed by atoms with van der Waals surface area (Å²) in [4.78, 5) is 24.8. The van der Waals surface area contributed by atoms with Gasteiger partial charge in [0.15, 0.2) is 18.1 Å². The van der Waals surface area contributed by atoms with Crippen LogP contribution in [0.3, 0.4) is 0 Å². The third-order valence-electron chi connectivity index (χ3n) is 5.81. The fourth-order valence-electron chi connectivity index (χ4n) is 4.27. The fraction of sp³-hybridized carbons (Fsp3) is 0.259. The number of aromatic nitrogens is 1. The first kappa shape index (κ1) is 23.9. The number of carbonyl (C=O) groups is 2. The van der Waals surface area contributed by atoms with Crippen molar-refractivity contribution in [2.45, 2.75) is 19.9 Å². The number of ether oxygens (including phenoxy) is 4. The number of nitrogens with one attached hydrogen (secondary N) is 1. The highest BCUT2D eigenvalue weighted by Crippen LogP contribution is 2.38. The van der Waals surface area contributed by atoms with E-state index in [0.717, 1.165) is 28.4 Å². The first-order chi connectivity index (χ1) is 17.0. The van der Waals surface area contributed by atoms with Gasteiger partial charge >= 0.3 is 5.97 Å². The Kier molecular flexibility index (Phi) is 7.10. The molecule has 1 heterocycles. The topological polar surface area (TPSA) is 88.0 Å². The second-order valence-electron chi connectivity index (χ2n) is 7.91. The van der Waals surface area contributed by atoms with Crippen LogP contribution in [0.15, 0.2) is 54.6 Å². The molecule has 4 rings (SSSR count). The van der Waals surface area contributed by atoms with Crippen LogP contribution in [-0.2, 0) is 27.3 Å². The molecule has 182 valence electrons. The van der Waals surface area contributed by atoms with Crippen LogP contribution in [0.5, 0.6) is 17.2 Å². The molecule has 1 amide bonds. The Morgan fingerprint density at radius 2 is 1.54 bits per heavy atom. The van der Waals surface area contributed by atoms with Crippen LogP contribution in [0.2, 0.25) is 0 Å². The van der Waals surface area contributed by atoms with Gasteiger partial charge in [0.2, 0.25) is 5.75 Å². The molecule has 0 saturated carbocycles. The van der Waals surface area contributed by atoms with Crippen molar-refractivity contribution in [3.05, 3.63) is 60.2 Å². The minimum Gasteiger partial charge on any atom is -0.493 e. The summed E-state index contributed by atoms with van der Waals surface area (Å²) in [7, 11) is 4.51. The van der Waals surface area contributed by atoms with Crippen molar-refractivity contribution in [2.75, 3.05) is 33.3 Å². The molecule has 1 N–H and O–H groups in total. The van der Waals surface area contributed by atoms with E-state index in [4.69, 9.17) is 18.9 Å². The number of nitrogens with zero attached hydrogens (tertiary/aromatic N) is 1. The van der Waals surface area contributed by atoms with Gasteiger partial charge in [-0.25, -0.2) is 0 Å². The van der Waals surface area contributed by atoms with Crippen LogP contribution in [0.25, 0.3) is 21.8 Å². The molecular formula is C27H28N2O6. The molecule has 0 spiro atoms. The smallest absolute Gasteiger partial charge is 0.310 e. The lowest BCUT2D eigenvalue weighted by Crippen LogP contribution is -2.21. The molecule has 0 unspecified atom stereocenters. The minimum atomic E-state index is -0.545. The highest BCUT2D eigenvalue weighted by Gasteiger charge is 2.16. The lowest BCUT2D eigenvalue weighted by atomic mass is 10.1. The number of esters is 1. The van der Waals surface area contributed by atoms with Gasteiger partial charge in [0.1, 0.15) is 0 Å². The van der Waals surface area contributed by atoms with Crippen molar-refractivity contribution in [3.8, 4) is 17.2 Å². The number of rotatable bonds is 9. The number of fused-ring (bicyclic) bond motifs is 3. The second kappa shape index (κ2) is 10.4. The number of methoxy groups -OCH3 is 3. The van der Waals surface area contributed by atoms with Gasteiger partial charge in [-0.3, -0.25) is 9.59 Å². The molecule has 4 aromatic rings. The van der Waals surface area contributed by atoms with E-state index in [1.807, 2.05) is 30.3 Å². The van der Waals surface area contributed by atoms with Gasteiger partial charge < -0.3 is 28.8 Å². The summed E-state index contributed by atoms with van der Waals surface area (Å²) in [6.45, 7) is 2.56. The first-order valence-corrected chi connectivity index (χ1v) is 11.2. The van der Waals surface area contributed by atoms with Crippen molar-refractivity contribution in [3.63, 3.8) is 0 Å². The highest BCUT2D eigenvalue weighted by molar-refractivity contribution is 6.09. The number of hydrogen-bond acceptors (Lipinski definition) is 6. The zero-order valence-corrected chi connectivity index (χ0v) is 20.2. The van der Waals surface area contributed by atoms with Crippen molar-refractivity contribution in [1.82, 2.24) is 4.57 Å². The van der Waals surface area contributed by atoms with Gasteiger partial charge in [0, 0.05) is 34.0 Å². The number of hydrogen-bond donors (Lipinski definition) is 1. The molecule has 0 aliphatic heterocycles. The summed E-state index contributed by atoms with van der Waals surface area (Å²) < 4.78 is 23.3. The molecular weight excluding hydrogens is 448 g/mol. The van der Waals surface area contributed by atoms with Crippen molar-refractivity contribution >= 4 is 39.4 Å². The maximum atomic E-state index is 12.5. The SMILES string of the molecule is CCn1c2ccccc2c2cc(NC(=O)COC(=O)Cc3cc(OC)c(OC)c(OC)c3)ccc21. The summed E-state index contributed by atoms with van der Waals surface area (Å²) >= 11 is 0. The van der Waals surface area contributed by atoms with Crippen LogP contribution in [0.1, 0.15) is 12.5 Å². The van der Waals surface area contributed by atoms with E-state index in [0.29, 0.717) is 28.5 Å². The molecule has 0 aliphatic rings. The van der Waals surface area contributed by atoms with E-state index in [1.54, 1.807) is 12.1 Å². The fourth-order valence-corrected chi connectivity index (χ4v) is 4.27. The lowest BCUT2D eigenvalue weighted by Gasteiger charge is -2.14. The molecule has 3 aromatic carbocycles. The van der Waals surface area contributed by atoms with E-state index in [2.05, 4.69) is 28.9 Å². The Balaban J connectivity index is 1.41. The van der Waals surface area contributed by atoms with Crippen molar-refractivity contribution in [1.29, 1.82) is 0 Å². The molecule has 8 heteroatoms. The molecule has 0 aliphatic carbocycles. The quantitative estimate of drug-likeness (QED) is 0.356. The molecule has 0 bridgehead atoms. The molecule has 0 radical (unpaired) electrons. The molecule has 8 nitrogen and oxygen atoms in total. The molecule has 35 heavy (non-hydrogen) atoms. The third kappa shape index (κ3) is 4.87. The van der Waals surface area contributed by atoms with Crippen LogP contribution in [0.4, 0.5) is 5.69 Å². The van der Waals surface area contributed by atoms with Crippen LogP contribution < -0.4 is 19.5 Å². The largest absolute Gasteiger partial charge is 0.493 e. The Hall–Kier alpha value is -4.20. The number of aryl methyl sites for hydroxylation is 1. The highest BCUT2D eigenvalue weighted by atomic mass is 16.5. The van der Waals surface area contributed by atoms with E-state index < -0.39 is 18.5 Å². The normalized spacial score (nSPS) is 10.9. The number of carbonyl (C=O) groups excluding carboxylic acids is 2. The maximum absolute atomic E-state index is 12.5. The molecule has 1 aromatic heterocycles. The van der Waals surface area contributed by atoms with Gasteiger partial charge in [0.25, 0.3) is 5.91 Å². The Labute approximate surface area is 203 Å². The molecule has 0 atom stereocenters. The number of amides is 1. The lowest BCUT2D eigenvalue weighted by molar-refractivity contribution is -0.146. The Morgan fingerprint density at radius 1 is 0.857 bits per heavy atom. The predicted octanol–water partition coefficient (Wildman–Crippen LogP) is 4.56. The summed E-state index contributed by atoms with van der Waals surface area (Å²) in [6.07, 6.45) is -0.0491. The summed E-state index contributed by atoms with van der Waals surface area (Å²) in [5.74, 6) is 0.350. The van der Waals surface area contributed by atoms with Crippen LogP contribution >= 0.6 is 0 Å². The second-order valence-corrected chi connectivity index (χ2v) is 7.91. The van der Waals surface area contributed by atoms with Gasteiger partial charge in [-0.05, 0) is 48.9 Å². The van der Waals surface area contributed by atoms with Crippen LogP contribution in [-0.4, -0.2) is 44.4 Å². The summed E-state index contributed by atoms with van der Waals surface area (Å²) in [6, 6.07) is 17.3. The summed E-state index contributed by atoms with van der Waals surface area (Å²) in [5.41, 5.74) is 3.50. The molecule has 0 saturated heterocycles. The molecule has 0 fully saturated rings. The average Bonchev–Trinajstić information content (AvgIpc) is 3.19. The van der Waals surface area contributed by atoms with Gasteiger partial charge in [-0.1, -0.05) is 18.2 Å². The zero-order valence-electron chi connectivity index (χ0n) is 20.2. The Bertz CT molecular complexity index is 1370. The van der Waals surface area contributed by atoms with Gasteiger partial charge in [-0.15, -0.1) is 0 Å².